The first kappa shape index (κ1) is 17.4. The van der Waals surface area contributed by atoms with Crippen molar-refractivity contribution in [2.45, 2.75) is 38.0 Å². The SMILES string of the molecule is COC(=O)[C@H]1CN([C@@H]2CCN(CCc3ccccc3)C2)C[C@@H](C)O1. The molecule has 24 heavy (non-hydrogen) atoms. The van der Waals surface area contributed by atoms with Gasteiger partial charge in [-0.1, -0.05) is 30.3 Å². The van der Waals surface area contributed by atoms with Crippen LogP contribution in [0.2, 0.25) is 0 Å². The van der Waals surface area contributed by atoms with Crippen molar-refractivity contribution >= 4 is 5.97 Å². The van der Waals surface area contributed by atoms with Crippen molar-refractivity contribution in [1.82, 2.24) is 9.80 Å². The molecular weight excluding hydrogens is 304 g/mol. The van der Waals surface area contributed by atoms with E-state index in [4.69, 9.17) is 9.47 Å². The zero-order chi connectivity index (χ0) is 16.9. The van der Waals surface area contributed by atoms with Gasteiger partial charge >= 0.3 is 5.97 Å². The molecule has 3 rings (SSSR count). The molecule has 1 aromatic carbocycles. The average molecular weight is 332 g/mol. The molecule has 3 atom stereocenters. The van der Waals surface area contributed by atoms with Gasteiger partial charge in [-0.15, -0.1) is 0 Å². The van der Waals surface area contributed by atoms with Gasteiger partial charge in [-0.3, -0.25) is 4.90 Å². The van der Waals surface area contributed by atoms with Crippen molar-refractivity contribution in [2.24, 2.45) is 0 Å². The summed E-state index contributed by atoms with van der Waals surface area (Å²) in [6.07, 6.45) is 1.88. The molecule has 1 aromatic rings. The van der Waals surface area contributed by atoms with Crippen molar-refractivity contribution in [3.63, 3.8) is 0 Å². The molecule has 0 spiro atoms. The predicted molar refractivity (Wildman–Crippen MR) is 92.9 cm³/mol. The number of hydrogen-bond donors (Lipinski definition) is 0. The molecular formula is C19H28N2O3. The van der Waals surface area contributed by atoms with Crippen LogP contribution in [0.25, 0.3) is 0 Å². The molecule has 0 unspecified atom stereocenters. The maximum Gasteiger partial charge on any atom is 0.336 e. The first-order valence-corrected chi connectivity index (χ1v) is 8.89. The Morgan fingerprint density at radius 2 is 2.04 bits per heavy atom. The second kappa shape index (κ2) is 8.10. The molecule has 0 radical (unpaired) electrons. The summed E-state index contributed by atoms with van der Waals surface area (Å²) in [6, 6.07) is 11.2. The zero-order valence-electron chi connectivity index (χ0n) is 14.7. The molecule has 0 amide bonds. The van der Waals surface area contributed by atoms with E-state index in [-0.39, 0.29) is 12.1 Å². The Bertz CT molecular complexity index is 537. The quantitative estimate of drug-likeness (QED) is 0.766. The Balaban J connectivity index is 1.50. The topological polar surface area (TPSA) is 42.0 Å². The van der Waals surface area contributed by atoms with Crippen LogP contribution in [0.5, 0.6) is 0 Å². The van der Waals surface area contributed by atoms with Crippen LogP contribution >= 0.6 is 0 Å². The van der Waals surface area contributed by atoms with E-state index in [1.165, 1.54) is 12.7 Å². The van der Waals surface area contributed by atoms with Crippen molar-refractivity contribution in [2.75, 3.05) is 39.8 Å². The molecule has 132 valence electrons. The number of rotatable bonds is 5. The van der Waals surface area contributed by atoms with Crippen LogP contribution in [-0.4, -0.2) is 73.9 Å². The second-order valence-corrected chi connectivity index (χ2v) is 6.89. The number of carbonyl (C=O) groups excluding carboxylic acids is 1. The third kappa shape index (κ3) is 4.35. The van der Waals surface area contributed by atoms with E-state index in [0.29, 0.717) is 12.6 Å². The third-order valence-electron chi connectivity index (χ3n) is 5.08. The maximum atomic E-state index is 11.8. The van der Waals surface area contributed by atoms with Gasteiger partial charge in [0, 0.05) is 32.2 Å². The Morgan fingerprint density at radius 1 is 1.25 bits per heavy atom. The number of hydrogen-bond acceptors (Lipinski definition) is 5. The van der Waals surface area contributed by atoms with Crippen molar-refractivity contribution < 1.29 is 14.3 Å². The minimum absolute atomic E-state index is 0.0706. The number of nitrogens with zero attached hydrogens (tertiary/aromatic N) is 2. The van der Waals surface area contributed by atoms with Gasteiger partial charge in [0.05, 0.1) is 13.2 Å². The smallest absolute Gasteiger partial charge is 0.336 e. The minimum Gasteiger partial charge on any atom is -0.467 e. The molecule has 2 aliphatic heterocycles. The van der Waals surface area contributed by atoms with Gasteiger partial charge in [-0.05, 0) is 31.9 Å². The Morgan fingerprint density at radius 3 is 2.79 bits per heavy atom. The van der Waals surface area contributed by atoms with E-state index in [1.807, 2.05) is 6.92 Å². The average Bonchev–Trinajstić information content (AvgIpc) is 3.08. The minimum atomic E-state index is -0.447. The fourth-order valence-electron chi connectivity index (χ4n) is 3.79. The van der Waals surface area contributed by atoms with Gasteiger partial charge in [0.25, 0.3) is 0 Å². The number of ether oxygens (including phenoxy) is 2. The zero-order valence-corrected chi connectivity index (χ0v) is 14.7. The fourth-order valence-corrected chi connectivity index (χ4v) is 3.79. The summed E-state index contributed by atoms with van der Waals surface area (Å²) < 4.78 is 10.6. The number of benzene rings is 1. The highest BCUT2D eigenvalue weighted by molar-refractivity contribution is 5.75. The van der Waals surface area contributed by atoms with Crippen LogP contribution in [0.3, 0.4) is 0 Å². The van der Waals surface area contributed by atoms with E-state index < -0.39 is 6.10 Å². The molecule has 0 aromatic heterocycles. The molecule has 0 saturated carbocycles. The molecule has 0 bridgehead atoms. The first-order valence-electron chi connectivity index (χ1n) is 8.89. The highest BCUT2D eigenvalue weighted by Crippen LogP contribution is 2.21. The van der Waals surface area contributed by atoms with Crippen LogP contribution in [-0.2, 0) is 20.7 Å². The summed E-state index contributed by atoms with van der Waals surface area (Å²) in [5.41, 5.74) is 1.40. The van der Waals surface area contributed by atoms with E-state index >= 15 is 0 Å². The fraction of sp³-hybridized carbons (Fsp3) is 0.632. The normalized spacial score (nSPS) is 28.8. The molecule has 2 aliphatic rings. The summed E-state index contributed by atoms with van der Waals surface area (Å²) in [6.45, 7) is 6.88. The summed E-state index contributed by atoms with van der Waals surface area (Å²) in [5.74, 6) is -0.259. The monoisotopic (exact) mass is 332 g/mol. The number of likely N-dealkylation sites (tertiary alicyclic amines) is 1. The van der Waals surface area contributed by atoms with Gasteiger partial charge in [0.2, 0.25) is 0 Å². The van der Waals surface area contributed by atoms with Gasteiger partial charge < -0.3 is 14.4 Å². The Hall–Kier alpha value is -1.43. The third-order valence-corrected chi connectivity index (χ3v) is 5.08. The van der Waals surface area contributed by atoms with Gasteiger partial charge in [0.1, 0.15) is 0 Å². The van der Waals surface area contributed by atoms with Gasteiger partial charge in [0.15, 0.2) is 6.10 Å². The van der Waals surface area contributed by atoms with E-state index in [2.05, 4.69) is 40.1 Å². The number of methoxy groups -OCH3 is 1. The molecule has 2 fully saturated rings. The lowest BCUT2D eigenvalue weighted by Crippen LogP contribution is -2.54. The Labute approximate surface area is 144 Å². The van der Waals surface area contributed by atoms with Crippen molar-refractivity contribution in [3.05, 3.63) is 35.9 Å². The van der Waals surface area contributed by atoms with Gasteiger partial charge in [-0.25, -0.2) is 4.79 Å². The lowest BCUT2D eigenvalue weighted by Gasteiger charge is -2.38. The molecule has 2 saturated heterocycles. The highest BCUT2D eigenvalue weighted by Gasteiger charge is 2.36. The van der Waals surface area contributed by atoms with Crippen LogP contribution in [0.4, 0.5) is 0 Å². The van der Waals surface area contributed by atoms with Crippen molar-refractivity contribution in [3.8, 4) is 0 Å². The predicted octanol–water partition coefficient (Wildman–Crippen LogP) is 1.57. The van der Waals surface area contributed by atoms with E-state index in [9.17, 15) is 4.79 Å². The Kier molecular flexibility index (Phi) is 5.87. The van der Waals surface area contributed by atoms with Gasteiger partial charge in [-0.2, -0.15) is 0 Å². The second-order valence-electron chi connectivity index (χ2n) is 6.89. The summed E-state index contributed by atoms with van der Waals surface area (Å²) in [4.78, 5) is 16.8. The van der Waals surface area contributed by atoms with Crippen LogP contribution in [0, 0.1) is 0 Å². The molecule has 5 heteroatoms. The molecule has 5 nitrogen and oxygen atoms in total. The number of morpholine rings is 1. The first-order chi connectivity index (χ1) is 11.7. The summed E-state index contributed by atoms with van der Waals surface area (Å²) in [7, 11) is 1.43. The molecule has 0 aliphatic carbocycles. The summed E-state index contributed by atoms with van der Waals surface area (Å²) in [5, 5.41) is 0. The largest absolute Gasteiger partial charge is 0.467 e. The maximum absolute atomic E-state index is 11.8. The molecule has 0 N–H and O–H groups in total. The van der Waals surface area contributed by atoms with Crippen molar-refractivity contribution in [1.29, 1.82) is 0 Å². The highest BCUT2D eigenvalue weighted by atomic mass is 16.6. The number of esters is 1. The number of carbonyl (C=O) groups is 1. The lowest BCUT2D eigenvalue weighted by molar-refractivity contribution is -0.167. The standard InChI is InChI=1S/C19H28N2O3/c1-15-12-21(14-18(24-15)19(22)23-2)17-9-11-20(13-17)10-8-16-6-4-3-5-7-16/h3-7,15,17-18H,8-14H2,1-2H3/t15-,17-,18-/m1/s1. The van der Waals surface area contributed by atoms with E-state index in [0.717, 1.165) is 39.0 Å². The van der Waals surface area contributed by atoms with E-state index in [1.54, 1.807) is 0 Å². The summed E-state index contributed by atoms with van der Waals surface area (Å²) >= 11 is 0. The van der Waals surface area contributed by atoms with Crippen LogP contribution in [0.1, 0.15) is 18.9 Å². The van der Waals surface area contributed by atoms with Crippen LogP contribution in [0.15, 0.2) is 30.3 Å². The molecule has 2 heterocycles. The lowest BCUT2D eigenvalue weighted by atomic mass is 10.1. The van der Waals surface area contributed by atoms with Crippen LogP contribution < -0.4 is 0 Å².